The maximum Gasteiger partial charge on any atom is 0.238 e. The molecule has 0 aromatic heterocycles. The van der Waals surface area contributed by atoms with Crippen LogP contribution in [0.4, 0.5) is 5.69 Å². The molecule has 1 aromatic carbocycles. The summed E-state index contributed by atoms with van der Waals surface area (Å²) in [7, 11) is 0. The first-order valence-electron chi connectivity index (χ1n) is 5.35. The van der Waals surface area contributed by atoms with Gasteiger partial charge in [-0.3, -0.25) is 4.79 Å². The van der Waals surface area contributed by atoms with Crippen molar-refractivity contribution in [2.24, 2.45) is 0 Å². The van der Waals surface area contributed by atoms with Crippen molar-refractivity contribution in [2.75, 3.05) is 18.4 Å². The number of nitrogens with one attached hydrogen (secondary N) is 2. The molecule has 0 fully saturated rings. The van der Waals surface area contributed by atoms with Gasteiger partial charge in [-0.15, -0.1) is 0 Å². The molecule has 0 unspecified atom stereocenters. The molecule has 0 saturated heterocycles. The topological polar surface area (TPSA) is 41.1 Å². The highest BCUT2D eigenvalue weighted by Gasteiger charge is 2.00. The third-order valence-electron chi connectivity index (χ3n) is 2.15. The Hall–Kier alpha value is -1.35. The number of aryl methyl sites for hydroxylation is 1. The van der Waals surface area contributed by atoms with Gasteiger partial charge in [0.15, 0.2) is 0 Å². The van der Waals surface area contributed by atoms with Crippen LogP contribution in [0.1, 0.15) is 19.4 Å². The average Bonchev–Trinajstić information content (AvgIpc) is 2.26. The largest absolute Gasteiger partial charge is 0.325 e. The number of likely N-dealkylation sites (N-methyl/N-ethyl adjacent to an activating group) is 1. The van der Waals surface area contributed by atoms with Crippen LogP contribution in [-0.2, 0) is 11.2 Å². The van der Waals surface area contributed by atoms with E-state index >= 15 is 0 Å². The smallest absolute Gasteiger partial charge is 0.238 e. The molecule has 0 heterocycles. The molecule has 1 amide bonds. The number of carbonyl (C=O) groups is 1. The van der Waals surface area contributed by atoms with Gasteiger partial charge in [-0.25, -0.2) is 0 Å². The van der Waals surface area contributed by atoms with E-state index in [4.69, 9.17) is 0 Å². The predicted octanol–water partition coefficient (Wildman–Crippen LogP) is 1.80. The maximum atomic E-state index is 11.4. The van der Waals surface area contributed by atoms with Gasteiger partial charge in [-0.05, 0) is 30.7 Å². The zero-order chi connectivity index (χ0) is 11.1. The second-order valence-electron chi connectivity index (χ2n) is 3.38. The quantitative estimate of drug-likeness (QED) is 0.771. The van der Waals surface area contributed by atoms with Crippen LogP contribution in [0, 0.1) is 0 Å². The summed E-state index contributed by atoms with van der Waals surface area (Å²) in [5, 5.41) is 5.83. The van der Waals surface area contributed by atoms with Gasteiger partial charge in [0.2, 0.25) is 5.91 Å². The summed E-state index contributed by atoms with van der Waals surface area (Å²) in [6, 6.07) is 7.93. The lowest BCUT2D eigenvalue weighted by molar-refractivity contribution is -0.115. The number of anilines is 1. The van der Waals surface area contributed by atoms with Crippen molar-refractivity contribution in [3.05, 3.63) is 29.8 Å². The lowest BCUT2D eigenvalue weighted by Crippen LogP contribution is -2.27. The summed E-state index contributed by atoms with van der Waals surface area (Å²) in [6.45, 7) is 5.25. The van der Waals surface area contributed by atoms with Crippen LogP contribution < -0.4 is 10.6 Å². The molecule has 0 radical (unpaired) electrons. The van der Waals surface area contributed by atoms with E-state index in [2.05, 4.69) is 23.6 Å². The second kappa shape index (κ2) is 6.19. The van der Waals surface area contributed by atoms with Crippen LogP contribution in [0.3, 0.4) is 0 Å². The van der Waals surface area contributed by atoms with E-state index in [0.717, 1.165) is 18.7 Å². The molecular formula is C12H18N2O. The van der Waals surface area contributed by atoms with Gasteiger partial charge in [-0.2, -0.15) is 0 Å². The van der Waals surface area contributed by atoms with Crippen molar-refractivity contribution in [3.8, 4) is 0 Å². The molecule has 0 aliphatic carbocycles. The number of rotatable bonds is 5. The molecule has 82 valence electrons. The Morgan fingerprint density at radius 1 is 1.33 bits per heavy atom. The van der Waals surface area contributed by atoms with E-state index in [1.165, 1.54) is 5.56 Å². The van der Waals surface area contributed by atoms with E-state index in [0.29, 0.717) is 6.54 Å². The summed E-state index contributed by atoms with van der Waals surface area (Å²) in [4.78, 5) is 11.4. The third-order valence-corrected chi connectivity index (χ3v) is 2.15. The highest BCUT2D eigenvalue weighted by molar-refractivity contribution is 5.92. The third kappa shape index (κ3) is 4.13. The number of hydrogen-bond acceptors (Lipinski definition) is 2. The molecule has 0 bridgehead atoms. The zero-order valence-electron chi connectivity index (χ0n) is 9.34. The second-order valence-corrected chi connectivity index (χ2v) is 3.38. The normalized spacial score (nSPS) is 10.0. The minimum absolute atomic E-state index is 0.00473. The zero-order valence-corrected chi connectivity index (χ0v) is 9.34. The molecule has 0 saturated carbocycles. The van der Waals surface area contributed by atoms with Crippen molar-refractivity contribution in [2.45, 2.75) is 20.3 Å². The van der Waals surface area contributed by atoms with Gasteiger partial charge in [-0.1, -0.05) is 26.0 Å². The molecular weight excluding hydrogens is 188 g/mol. The Kier molecular flexibility index (Phi) is 4.84. The first kappa shape index (κ1) is 11.7. The Morgan fingerprint density at radius 3 is 2.80 bits per heavy atom. The summed E-state index contributed by atoms with van der Waals surface area (Å²) < 4.78 is 0. The van der Waals surface area contributed by atoms with Crippen LogP contribution in [-0.4, -0.2) is 19.0 Å². The van der Waals surface area contributed by atoms with Gasteiger partial charge in [0, 0.05) is 5.69 Å². The van der Waals surface area contributed by atoms with E-state index in [-0.39, 0.29) is 5.91 Å². The van der Waals surface area contributed by atoms with Crippen LogP contribution in [0.15, 0.2) is 24.3 Å². The summed E-state index contributed by atoms with van der Waals surface area (Å²) >= 11 is 0. The number of amides is 1. The Labute approximate surface area is 90.9 Å². The van der Waals surface area contributed by atoms with Crippen molar-refractivity contribution < 1.29 is 4.79 Å². The molecule has 1 rings (SSSR count). The SMILES string of the molecule is CCNCC(=O)Nc1cccc(CC)c1. The molecule has 2 N–H and O–H groups in total. The van der Waals surface area contributed by atoms with Crippen LogP contribution >= 0.6 is 0 Å². The van der Waals surface area contributed by atoms with Gasteiger partial charge >= 0.3 is 0 Å². The standard InChI is InChI=1S/C12H18N2O/c1-3-10-6-5-7-11(8-10)14-12(15)9-13-4-2/h5-8,13H,3-4,9H2,1-2H3,(H,14,15). The minimum Gasteiger partial charge on any atom is -0.325 e. The maximum absolute atomic E-state index is 11.4. The van der Waals surface area contributed by atoms with Crippen molar-refractivity contribution >= 4 is 11.6 Å². The number of hydrogen-bond donors (Lipinski definition) is 2. The lowest BCUT2D eigenvalue weighted by Gasteiger charge is -2.06. The summed E-state index contributed by atoms with van der Waals surface area (Å²) in [5.74, 6) is 0.00473. The average molecular weight is 206 g/mol. The Bertz CT molecular complexity index is 323. The van der Waals surface area contributed by atoms with Gasteiger partial charge in [0.05, 0.1) is 6.54 Å². The van der Waals surface area contributed by atoms with Crippen LogP contribution in [0.25, 0.3) is 0 Å². The van der Waals surface area contributed by atoms with Crippen LogP contribution in [0.2, 0.25) is 0 Å². The molecule has 0 atom stereocenters. The molecule has 15 heavy (non-hydrogen) atoms. The summed E-state index contributed by atoms with van der Waals surface area (Å²) in [5.41, 5.74) is 2.11. The Morgan fingerprint density at radius 2 is 2.13 bits per heavy atom. The highest BCUT2D eigenvalue weighted by atomic mass is 16.1. The highest BCUT2D eigenvalue weighted by Crippen LogP contribution is 2.10. The predicted molar refractivity (Wildman–Crippen MR) is 63.0 cm³/mol. The summed E-state index contributed by atoms with van der Waals surface area (Å²) in [6.07, 6.45) is 0.983. The number of carbonyl (C=O) groups excluding carboxylic acids is 1. The molecule has 1 aromatic rings. The van der Waals surface area contributed by atoms with E-state index in [1.807, 2.05) is 25.1 Å². The van der Waals surface area contributed by atoms with E-state index < -0.39 is 0 Å². The first-order valence-corrected chi connectivity index (χ1v) is 5.35. The molecule has 3 nitrogen and oxygen atoms in total. The monoisotopic (exact) mass is 206 g/mol. The molecule has 3 heteroatoms. The fraction of sp³-hybridized carbons (Fsp3) is 0.417. The van der Waals surface area contributed by atoms with Gasteiger partial charge in [0.25, 0.3) is 0 Å². The molecule has 0 spiro atoms. The first-order chi connectivity index (χ1) is 7.26. The van der Waals surface area contributed by atoms with Gasteiger partial charge in [0.1, 0.15) is 0 Å². The van der Waals surface area contributed by atoms with Crippen LogP contribution in [0.5, 0.6) is 0 Å². The fourth-order valence-electron chi connectivity index (χ4n) is 1.31. The van der Waals surface area contributed by atoms with E-state index in [1.54, 1.807) is 0 Å². The van der Waals surface area contributed by atoms with Crippen molar-refractivity contribution in [3.63, 3.8) is 0 Å². The lowest BCUT2D eigenvalue weighted by atomic mass is 10.1. The molecule has 0 aliphatic rings. The van der Waals surface area contributed by atoms with Gasteiger partial charge < -0.3 is 10.6 Å². The number of benzene rings is 1. The minimum atomic E-state index is 0.00473. The fourth-order valence-corrected chi connectivity index (χ4v) is 1.31. The van der Waals surface area contributed by atoms with Crippen molar-refractivity contribution in [1.29, 1.82) is 0 Å². The van der Waals surface area contributed by atoms with Crippen molar-refractivity contribution in [1.82, 2.24) is 5.32 Å². The van der Waals surface area contributed by atoms with E-state index in [9.17, 15) is 4.79 Å². The molecule has 0 aliphatic heterocycles. The Balaban J connectivity index is 2.52.